The van der Waals surface area contributed by atoms with Gasteiger partial charge in [0, 0.05) is 44.3 Å². The van der Waals surface area contributed by atoms with Crippen molar-refractivity contribution in [2.75, 3.05) is 39.3 Å². The van der Waals surface area contributed by atoms with Crippen LogP contribution in [0.15, 0.2) is 65.6 Å². The van der Waals surface area contributed by atoms with Crippen LogP contribution in [0.3, 0.4) is 0 Å². The second kappa shape index (κ2) is 8.61. The van der Waals surface area contributed by atoms with Crippen molar-refractivity contribution in [2.24, 2.45) is 0 Å². The average Bonchev–Trinajstić information content (AvgIpc) is 2.78. The zero-order valence-corrected chi connectivity index (χ0v) is 18.8. The Balaban J connectivity index is 1.46. The standard InChI is InChI=1S/C23H29N3O4S/c1-23(2)18-25(31(28,29)21-11-7-4-8-12-21)16-19-15-24(13-14-26(19)23)22(27)17-30-20-9-5-3-6-10-20/h3-12,19H,13-18H2,1-2H3/t19-/m0/s1. The number of rotatable bonds is 5. The zero-order valence-electron chi connectivity index (χ0n) is 18.0. The molecule has 1 amide bonds. The third kappa shape index (κ3) is 4.61. The van der Waals surface area contributed by atoms with Crippen molar-refractivity contribution in [3.63, 3.8) is 0 Å². The van der Waals surface area contributed by atoms with Crippen LogP contribution in [0, 0.1) is 0 Å². The van der Waals surface area contributed by atoms with Crippen LogP contribution in [-0.4, -0.2) is 79.3 Å². The van der Waals surface area contributed by atoms with Gasteiger partial charge in [-0.05, 0) is 38.1 Å². The number of carbonyl (C=O) groups is 1. The lowest BCUT2D eigenvalue weighted by Gasteiger charge is -2.55. The monoisotopic (exact) mass is 443 g/mol. The Morgan fingerprint density at radius 2 is 1.65 bits per heavy atom. The molecule has 0 aliphatic carbocycles. The Hall–Kier alpha value is -2.42. The molecule has 7 nitrogen and oxygen atoms in total. The number of fused-ring (bicyclic) bond motifs is 1. The molecule has 0 bridgehead atoms. The first kappa shape index (κ1) is 21.8. The van der Waals surface area contributed by atoms with Crippen LogP contribution in [0.2, 0.25) is 0 Å². The number of amides is 1. The number of benzene rings is 2. The molecule has 0 radical (unpaired) electrons. The van der Waals surface area contributed by atoms with Crippen LogP contribution < -0.4 is 4.74 Å². The quantitative estimate of drug-likeness (QED) is 0.708. The Bertz CT molecular complexity index is 1010. The highest BCUT2D eigenvalue weighted by Crippen LogP contribution is 2.31. The summed E-state index contributed by atoms with van der Waals surface area (Å²) in [5.41, 5.74) is -0.319. The highest BCUT2D eigenvalue weighted by atomic mass is 32.2. The molecule has 0 aromatic heterocycles. The summed E-state index contributed by atoms with van der Waals surface area (Å²) >= 11 is 0. The number of piperazine rings is 2. The first-order chi connectivity index (χ1) is 14.8. The van der Waals surface area contributed by atoms with Crippen LogP contribution >= 0.6 is 0 Å². The molecule has 1 atom stereocenters. The lowest BCUT2D eigenvalue weighted by molar-refractivity contribution is -0.139. The van der Waals surface area contributed by atoms with E-state index in [1.807, 2.05) is 36.4 Å². The second-order valence-electron chi connectivity index (χ2n) is 8.71. The van der Waals surface area contributed by atoms with Crippen molar-refractivity contribution in [3.8, 4) is 5.75 Å². The van der Waals surface area contributed by atoms with Gasteiger partial charge in [-0.3, -0.25) is 9.69 Å². The van der Waals surface area contributed by atoms with Crippen molar-refractivity contribution in [2.45, 2.75) is 30.3 Å². The fourth-order valence-corrected chi connectivity index (χ4v) is 6.19. The first-order valence-electron chi connectivity index (χ1n) is 10.5. The fraction of sp³-hybridized carbons (Fsp3) is 0.435. The molecule has 2 aliphatic heterocycles. The van der Waals surface area contributed by atoms with Crippen molar-refractivity contribution in [1.29, 1.82) is 0 Å². The SMILES string of the molecule is CC1(C)CN(S(=O)(=O)c2ccccc2)C[C@@H]2CN(C(=O)COc3ccccc3)CCN21. The van der Waals surface area contributed by atoms with Crippen LogP contribution in [0.4, 0.5) is 0 Å². The van der Waals surface area contributed by atoms with Crippen molar-refractivity contribution in [1.82, 2.24) is 14.1 Å². The van der Waals surface area contributed by atoms with Gasteiger partial charge in [-0.15, -0.1) is 0 Å². The number of hydrogen-bond acceptors (Lipinski definition) is 5. The summed E-state index contributed by atoms with van der Waals surface area (Å²) < 4.78 is 33.6. The predicted octanol–water partition coefficient (Wildman–Crippen LogP) is 2.06. The maximum absolute atomic E-state index is 13.2. The van der Waals surface area contributed by atoms with E-state index in [1.165, 1.54) is 0 Å². The Morgan fingerprint density at radius 1 is 1.00 bits per heavy atom. The molecule has 0 saturated carbocycles. The maximum atomic E-state index is 13.2. The lowest BCUT2D eigenvalue weighted by Crippen LogP contribution is -2.70. The zero-order chi connectivity index (χ0) is 22.1. The van der Waals surface area contributed by atoms with Crippen LogP contribution in [0.5, 0.6) is 5.75 Å². The van der Waals surface area contributed by atoms with E-state index in [1.54, 1.807) is 33.5 Å². The van der Waals surface area contributed by atoms with Gasteiger partial charge in [0.1, 0.15) is 5.75 Å². The first-order valence-corrected chi connectivity index (χ1v) is 12.0. The molecule has 2 fully saturated rings. The normalized spacial score (nSPS) is 22.0. The van der Waals surface area contributed by atoms with E-state index in [9.17, 15) is 13.2 Å². The molecule has 0 unspecified atom stereocenters. The average molecular weight is 444 g/mol. The Labute approximate surface area is 184 Å². The molecule has 0 spiro atoms. The number of para-hydroxylation sites is 1. The minimum Gasteiger partial charge on any atom is -0.484 e. The minimum atomic E-state index is -3.59. The van der Waals surface area contributed by atoms with E-state index < -0.39 is 10.0 Å². The van der Waals surface area contributed by atoms with E-state index in [0.717, 1.165) is 0 Å². The van der Waals surface area contributed by atoms with Crippen LogP contribution in [0.25, 0.3) is 0 Å². The van der Waals surface area contributed by atoms with Crippen molar-refractivity contribution >= 4 is 15.9 Å². The van der Waals surface area contributed by atoms with Crippen LogP contribution in [-0.2, 0) is 14.8 Å². The smallest absolute Gasteiger partial charge is 0.260 e. The van der Waals surface area contributed by atoms with Crippen LogP contribution in [0.1, 0.15) is 13.8 Å². The third-order valence-electron chi connectivity index (χ3n) is 6.08. The molecule has 0 N–H and O–H groups in total. The molecule has 2 aliphatic rings. The summed E-state index contributed by atoms with van der Waals surface area (Å²) in [7, 11) is -3.59. The summed E-state index contributed by atoms with van der Waals surface area (Å²) in [5, 5.41) is 0. The molecule has 166 valence electrons. The van der Waals surface area contributed by atoms with Gasteiger partial charge in [0.2, 0.25) is 10.0 Å². The van der Waals surface area contributed by atoms with Gasteiger partial charge in [-0.25, -0.2) is 8.42 Å². The van der Waals surface area contributed by atoms with E-state index >= 15 is 0 Å². The van der Waals surface area contributed by atoms with Gasteiger partial charge < -0.3 is 9.64 Å². The van der Waals surface area contributed by atoms with Gasteiger partial charge in [0.25, 0.3) is 5.91 Å². The molecule has 31 heavy (non-hydrogen) atoms. The highest BCUT2D eigenvalue weighted by molar-refractivity contribution is 7.89. The summed E-state index contributed by atoms with van der Waals surface area (Å²) in [6, 6.07) is 17.8. The fourth-order valence-electron chi connectivity index (χ4n) is 4.53. The van der Waals surface area contributed by atoms with Crippen molar-refractivity contribution in [3.05, 3.63) is 60.7 Å². The highest BCUT2D eigenvalue weighted by Gasteiger charge is 2.46. The molecule has 8 heteroatoms. The largest absolute Gasteiger partial charge is 0.484 e. The lowest BCUT2D eigenvalue weighted by atomic mass is 9.94. The van der Waals surface area contributed by atoms with E-state index in [4.69, 9.17) is 4.74 Å². The summed E-state index contributed by atoms with van der Waals surface area (Å²) in [5.74, 6) is 0.581. The molecule has 2 saturated heterocycles. The molecule has 4 rings (SSSR count). The maximum Gasteiger partial charge on any atom is 0.260 e. The number of hydrogen-bond donors (Lipinski definition) is 0. The Kier molecular flexibility index (Phi) is 6.05. The van der Waals surface area contributed by atoms with Gasteiger partial charge in [0.05, 0.1) is 4.90 Å². The summed E-state index contributed by atoms with van der Waals surface area (Å²) in [6.45, 7) is 6.73. The number of ether oxygens (including phenoxy) is 1. The summed E-state index contributed by atoms with van der Waals surface area (Å²) in [6.07, 6.45) is 0. The molecular weight excluding hydrogens is 414 g/mol. The van der Waals surface area contributed by atoms with E-state index in [2.05, 4.69) is 18.7 Å². The Morgan fingerprint density at radius 3 is 2.32 bits per heavy atom. The molecule has 2 aromatic carbocycles. The number of sulfonamides is 1. The van der Waals surface area contributed by atoms with Gasteiger partial charge in [-0.1, -0.05) is 36.4 Å². The summed E-state index contributed by atoms with van der Waals surface area (Å²) in [4.78, 5) is 17.2. The van der Waals surface area contributed by atoms with Gasteiger partial charge in [-0.2, -0.15) is 4.31 Å². The van der Waals surface area contributed by atoms with Gasteiger partial charge in [0.15, 0.2) is 6.61 Å². The van der Waals surface area contributed by atoms with Crippen molar-refractivity contribution < 1.29 is 17.9 Å². The molecular formula is C23H29N3O4S. The number of carbonyl (C=O) groups excluding carboxylic acids is 1. The predicted molar refractivity (Wildman–Crippen MR) is 118 cm³/mol. The minimum absolute atomic E-state index is 0.0217. The molecule has 2 heterocycles. The van der Waals surface area contributed by atoms with E-state index in [-0.39, 0.29) is 24.1 Å². The third-order valence-corrected chi connectivity index (χ3v) is 7.90. The van der Waals surface area contributed by atoms with E-state index in [0.29, 0.717) is 43.4 Å². The molecule has 2 aromatic rings. The van der Waals surface area contributed by atoms with Gasteiger partial charge >= 0.3 is 0 Å². The topological polar surface area (TPSA) is 70.2 Å². The second-order valence-corrected chi connectivity index (χ2v) is 10.6. The number of nitrogens with zero attached hydrogens (tertiary/aromatic N) is 3.